The third-order valence-corrected chi connectivity index (χ3v) is 5.50. The van der Waals surface area contributed by atoms with Crippen molar-refractivity contribution >= 4 is 0 Å². The summed E-state index contributed by atoms with van der Waals surface area (Å²) in [6.45, 7) is 2.92. The maximum Gasteiger partial charge on any atom is 0.314 e. The molecule has 5 rings (SSSR count). The maximum atomic E-state index is 14.3. The summed E-state index contributed by atoms with van der Waals surface area (Å²) in [5.74, 6) is -0.966. The highest BCUT2D eigenvalue weighted by Crippen LogP contribution is 2.24. The van der Waals surface area contributed by atoms with Gasteiger partial charge >= 0.3 is 6.43 Å². The number of pyridine rings is 1. The van der Waals surface area contributed by atoms with E-state index in [0.29, 0.717) is 35.6 Å². The van der Waals surface area contributed by atoms with Crippen LogP contribution in [0.4, 0.5) is 13.2 Å². The maximum absolute atomic E-state index is 14.3. The number of aromatic nitrogens is 6. The number of nitrogens with zero attached hydrogens (tertiary/aromatic N) is 7. The first-order valence-electron chi connectivity index (χ1n) is 10.5. The summed E-state index contributed by atoms with van der Waals surface area (Å²) in [6.07, 6.45) is 2.72. The minimum Gasteiger partial charge on any atom is -0.415 e. The average molecular weight is 455 g/mol. The smallest absolute Gasteiger partial charge is 0.314 e. The van der Waals surface area contributed by atoms with Gasteiger partial charge < -0.3 is 4.42 Å². The van der Waals surface area contributed by atoms with Crippen molar-refractivity contribution in [2.24, 2.45) is 0 Å². The molecule has 1 saturated heterocycles. The second kappa shape index (κ2) is 9.10. The molecule has 0 N–H and O–H groups in total. The van der Waals surface area contributed by atoms with Crippen LogP contribution in [0.1, 0.15) is 36.4 Å². The third kappa shape index (κ3) is 4.77. The van der Waals surface area contributed by atoms with Crippen LogP contribution >= 0.6 is 0 Å². The molecular formula is C22H20F3N7O. The molecule has 3 aromatic heterocycles. The minimum absolute atomic E-state index is 0.0200. The summed E-state index contributed by atoms with van der Waals surface area (Å²) < 4.78 is 46.1. The summed E-state index contributed by atoms with van der Waals surface area (Å²) in [4.78, 5) is 6.56. The Hall–Kier alpha value is -3.60. The van der Waals surface area contributed by atoms with E-state index in [1.165, 1.54) is 12.3 Å². The van der Waals surface area contributed by atoms with Gasteiger partial charge in [-0.2, -0.15) is 8.78 Å². The molecule has 4 heterocycles. The van der Waals surface area contributed by atoms with Gasteiger partial charge in [0.1, 0.15) is 11.5 Å². The Labute approximate surface area is 187 Å². The summed E-state index contributed by atoms with van der Waals surface area (Å²) in [7, 11) is 0. The van der Waals surface area contributed by atoms with Crippen LogP contribution in [-0.2, 0) is 13.1 Å². The van der Waals surface area contributed by atoms with E-state index in [-0.39, 0.29) is 11.7 Å². The standard InChI is InChI=1S/C22H20F3N7O/c23-18-6-4-14(9-16(18)11-31-7-1-2-8-31)19-13-32(30-27-19)12-17-5-3-15(10-26-17)21-28-29-22(33-21)20(24)25/h3-6,9-10,13,20H,1-2,7-8,11-12H2. The predicted molar refractivity (Wildman–Crippen MR) is 112 cm³/mol. The Kier molecular flexibility index (Phi) is 5.86. The van der Waals surface area contributed by atoms with Gasteiger partial charge in [0.05, 0.1) is 24.0 Å². The number of halogens is 3. The molecule has 170 valence electrons. The van der Waals surface area contributed by atoms with Gasteiger partial charge in [0.15, 0.2) is 0 Å². The Bertz CT molecular complexity index is 1230. The zero-order chi connectivity index (χ0) is 22.8. The lowest BCUT2D eigenvalue weighted by atomic mass is 10.1. The van der Waals surface area contributed by atoms with Crippen LogP contribution < -0.4 is 0 Å². The quantitative estimate of drug-likeness (QED) is 0.415. The molecule has 8 nitrogen and oxygen atoms in total. The van der Waals surface area contributed by atoms with Gasteiger partial charge in [0.2, 0.25) is 5.89 Å². The van der Waals surface area contributed by atoms with Crippen molar-refractivity contribution in [1.29, 1.82) is 0 Å². The van der Waals surface area contributed by atoms with Crippen LogP contribution in [0.15, 0.2) is 47.1 Å². The Morgan fingerprint density at radius 3 is 2.52 bits per heavy atom. The SMILES string of the molecule is Fc1ccc(-c2cn(Cc3ccc(-c4nnc(C(F)F)o4)cn3)nn2)cc1CN1CCCC1. The molecule has 1 aliphatic rings. The fraction of sp³-hybridized carbons (Fsp3) is 0.318. The third-order valence-electron chi connectivity index (χ3n) is 5.50. The first-order chi connectivity index (χ1) is 16.0. The molecule has 0 bridgehead atoms. The fourth-order valence-electron chi connectivity index (χ4n) is 3.79. The van der Waals surface area contributed by atoms with Crippen molar-refractivity contribution in [3.05, 3.63) is 65.7 Å². The lowest BCUT2D eigenvalue weighted by Gasteiger charge is -2.15. The van der Waals surface area contributed by atoms with Crippen LogP contribution in [0.2, 0.25) is 0 Å². The largest absolute Gasteiger partial charge is 0.415 e. The van der Waals surface area contributed by atoms with E-state index in [2.05, 4.69) is 30.4 Å². The molecule has 33 heavy (non-hydrogen) atoms. The van der Waals surface area contributed by atoms with E-state index in [1.54, 1.807) is 29.1 Å². The number of rotatable bonds is 7. The van der Waals surface area contributed by atoms with E-state index in [1.807, 2.05) is 6.07 Å². The molecule has 0 radical (unpaired) electrons. The summed E-state index contributed by atoms with van der Waals surface area (Å²) in [5.41, 5.74) is 3.20. The number of hydrogen-bond donors (Lipinski definition) is 0. The molecule has 1 aromatic carbocycles. The van der Waals surface area contributed by atoms with Gasteiger partial charge in [-0.15, -0.1) is 15.3 Å². The van der Waals surface area contributed by atoms with Gasteiger partial charge in [-0.1, -0.05) is 5.21 Å². The normalized spacial score (nSPS) is 14.4. The molecule has 0 atom stereocenters. The zero-order valence-electron chi connectivity index (χ0n) is 17.5. The highest BCUT2D eigenvalue weighted by molar-refractivity contribution is 5.59. The van der Waals surface area contributed by atoms with E-state index in [4.69, 9.17) is 4.42 Å². The first kappa shape index (κ1) is 21.3. The summed E-state index contributed by atoms with van der Waals surface area (Å²) in [6, 6.07) is 8.37. The Morgan fingerprint density at radius 1 is 0.970 bits per heavy atom. The topological polar surface area (TPSA) is 85.8 Å². The van der Waals surface area contributed by atoms with Crippen LogP contribution in [0.5, 0.6) is 0 Å². The van der Waals surface area contributed by atoms with Crippen molar-refractivity contribution in [2.45, 2.75) is 32.4 Å². The molecule has 0 amide bonds. The van der Waals surface area contributed by atoms with Gasteiger partial charge in [0.25, 0.3) is 5.89 Å². The lowest BCUT2D eigenvalue weighted by molar-refractivity contribution is 0.116. The van der Waals surface area contributed by atoms with E-state index < -0.39 is 12.3 Å². The zero-order valence-corrected chi connectivity index (χ0v) is 17.5. The van der Waals surface area contributed by atoms with Crippen LogP contribution in [-0.4, -0.2) is 48.2 Å². The molecule has 1 fully saturated rings. The molecule has 4 aromatic rings. The van der Waals surface area contributed by atoms with E-state index in [0.717, 1.165) is 31.5 Å². The molecular weight excluding hydrogens is 435 g/mol. The average Bonchev–Trinajstić information content (AvgIpc) is 3.58. The van der Waals surface area contributed by atoms with Crippen molar-refractivity contribution in [3.63, 3.8) is 0 Å². The van der Waals surface area contributed by atoms with Crippen LogP contribution in [0, 0.1) is 5.82 Å². The van der Waals surface area contributed by atoms with Crippen molar-refractivity contribution < 1.29 is 17.6 Å². The second-order valence-electron chi connectivity index (χ2n) is 7.88. The Balaban J connectivity index is 1.28. The van der Waals surface area contributed by atoms with Gasteiger partial charge in [0, 0.05) is 23.9 Å². The predicted octanol–water partition coefficient (Wildman–Crippen LogP) is 4.11. The molecule has 0 unspecified atom stereocenters. The molecule has 0 spiro atoms. The van der Waals surface area contributed by atoms with Crippen LogP contribution in [0.3, 0.4) is 0 Å². The fourth-order valence-corrected chi connectivity index (χ4v) is 3.79. The van der Waals surface area contributed by atoms with Gasteiger partial charge in [-0.3, -0.25) is 9.88 Å². The van der Waals surface area contributed by atoms with Crippen molar-refractivity contribution in [3.8, 4) is 22.7 Å². The minimum atomic E-state index is -2.82. The number of hydrogen-bond acceptors (Lipinski definition) is 7. The van der Waals surface area contributed by atoms with Gasteiger partial charge in [-0.25, -0.2) is 9.07 Å². The van der Waals surface area contributed by atoms with E-state index in [9.17, 15) is 13.2 Å². The first-order valence-corrected chi connectivity index (χ1v) is 10.5. The van der Waals surface area contributed by atoms with Crippen LogP contribution in [0.25, 0.3) is 22.7 Å². The van der Waals surface area contributed by atoms with E-state index >= 15 is 0 Å². The van der Waals surface area contributed by atoms with Crippen molar-refractivity contribution in [1.82, 2.24) is 35.1 Å². The highest BCUT2D eigenvalue weighted by atomic mass is 19.3. The molecule has 0 saturated carbocycles. The number of benzene rings is 1. The lowest BCUT2D eigenvalue weighted by Crippen LogP contribution is -2.19. The Morgan fingerprint density at radius 2 is 1.79 bits per heavy atom. The molecule has 11 heteroatoms. The number of alkyl halides is 2. The highest BCUT2D eigenvalue weighted by Gasteiger charge is 2.18. The number of likely N-dealkylation sites (tertiary alicyclic amines) is 1. The second-order valence-corrected chi connectivity index (χ2v) is 7.88. The summed E-state index contributed by atoms with van der Waals surface area (Å²) in [5, 5.41) is 15.3. The molecule has 0 aliphatic carbocycles. The summed E-state index contributed by atoms with van der Waals surface area (Å²) >= 11 is 0. The molecule has 1 aliphatic heterocycles. The monoisotopic (exact) mass is 455 g/mol. The van der Waals surface area contributed by atoms with Gasteiger partial charge in [-0.05, 0) is 56.3 Å². The van der Waals surface area contributed by atoms with Crippen molar-refractivity contribution in [2.75, 3.05) is 13.1 Å².